The molecule has 1 radical (unpaired) electrons. The minimum atomic E-state index is -5.14. The van der Waals surface area contributed by atoms with Crippen LogP contribution in [-0.4, -0.2) is 27.1 Å². The first kappa shape index (κ1) is 15.7. The maximum absolute atomic E-state index is 10.4. The molecule has 0 amide bonds. The summed E-state index contributed by atoms with van der Waals surface area (Å²) in [5.74, 6) is 0. The van der Waals surface area contributed by atoms with Crippen LogP contribution in [0.1, 0.15) is 0 Å². The molecular weight excluding hydrogens is 176 g/mol. The summed E-state index contributed by atoms with van der Waals surface area (Å²) in [5, 5.41) is 0. The Kier molecular flexibility index (Phi) is 12.0. The van der Waals surface area contributed by atoms with Crippen molar-refractivity contribution in [3.05, 3.63) is 0 Å². The van der Waals surface area contributed by atoms with Crippen molar-refractivity contribution in [2.45, 2.75) is 0 Å². The molecule has 0 saturated carbocycles. The maximum atomic E-state index is 10.4. The molecule has 0 aromatic rings. The van der Waals surface area contributed by atoms with Crippen LogP contribution in [0, 0.1) is 0 Å². The Hall–Kier alpha value is 1.20. The van der Waals surface area contributed by atoms with E-state index in [1.54, 1.807) is 0 Å². The first-order valence-electron chi connectivity index (χ1n) is 0.752. The van der Waals surface area contributed by atoms with E-state index >= 15 is 0 Å². The molecule has 0 aliphatic heterocycles. The van der Waals surface area contributed by atoms with Gasteiger partial charge in [-0.25, -0.2) is 4.57 Å². The fraction of sp³-hybridized carbons (Fsp3) is 0. The van der Waals surface area contributed by atoms with Crippen LogP contribution in [0.4, 0.5) is 4.20 Å². The molecule has 2 N–H and O–H groups in total. The van der Waals surface area contributed by atoms with Crippen LogP contribution in [0.3, 0.4) is 0 Å². The fourth-order valence-corrected chi connectivity index (χ4v) is 0. The Labute approximate surface area is 62.6 Å². The molecule has 0 unspecified atom stereocenters. The van der Waals surface area contributed by atoms with E-state index in [2.05, 4.69) is 0 Å². The minimum Gasteiger partial charge on any atom is -0.299 e. The van der Waals surface area contributed by atoms with Crippen molar-refractivity contribution in [2.24, 2.45) is 0 Å². The van der Waals surface area contributed by atoms with Gasteiger partial charge in [-0.3, -0.25) is 9.79 Å². The molecule has 0 rings (SSSR count). The van der Waals surface area contributed by atoms with E-state index in [0.29, 0.717) is 0 Å². The summed E-state index contributed by atoms with van der Waals surface area (Å²) in [6, 6.07) is 0. The summed E-state index contributed by atoms with van der Waals surface area (Å²) in [5.41, 5.74) is 0. The van der Waals surface area contributed by atoms with Crippen LogP contribution in [0.15, 0.2) is 0 Å². The number of halogens is 1. The van der Waals surface area contributed by atoms with Crippen molar-refractivity contribution in [3.63, 3.8) is 0 Å². The number of rotatable bonds is 0. The van der Waals surface area contributed by atoms with Gasteiger partial charge in [-0.15, -0.1) is 4.20 Å². The van der Waals surface area contributed by atoms with E-state index < -0.39 is 7.91 Å². The summed E-state index contributed by atoms with van der Waals surface area (Å²) in [6.45, 7) is 0. The van der Waals surface area contributed by atoms with E-state index in [1.807, 2.05) is 0 Å². The first-order valence-corrected chi connectivity index (χ1v) is 2.25. The van der Waals surface area contributed by atoms with Crippen LogP contribution in [0.25, 0.3) is 0 Å². The quantitative estimate of drug-likeness (QED) is 0.367. The van der Waals surface area contributed by atoms with Gasteiger partial charge in [-0.1, -0.05) is 0 Å². The molecule has 7 heteroatoms. The normalized spacial score (nSPS) is 8.43. The Balaban J connectivity index is -0.0000000800. The van der Waals surface area contributed by atoms with E-state index in [-0.39, 0.29) is 35.9 Å². The molecule has 7 heavy (non-hydrogen) atoms. The predicted octanol–water partition coefficient (Wildman–Crippen LogP) is -1.14. The average molecular weight is 181 g/mol. The molecule has 0 fully saturated rings. The monoisotopic (exact) mass is 181 g/mol. The second-order valence-electron chi connectivity index (χ2n) is 0.473. The van der Waals surface area contributed by atoms with Gasteiger partial charge in [0.15, 0.2) is 17.4 Å². The maximum Gasteiger partial charge on any atom is 0.507 e. The Morgan fingerprint density at radius 2 is 1.43 bits per heavy atom. The standard InChI is InChI=1S/Al.FH2O3P.V.3H/c;1-5(2,3)4;;;;/h;(H2,2,3,4);;;;. The Bertz CT molecular complexity index is 61.1. The largest absolute Gasteiger partial charge is 0.507 e. The van der Waals surface area contributed by atoms with Gasteiger partial charge < -0.3 is 0 Å². The molecule has 0 aromatic heterocycles. The zero-order valence-electron chi connectivity index (χ0n) is 2.58. The third kappa shape index (κ3) is 136. The molecule has 0 bridgehead atoms. The molecule has 0 heterocycles. The molecular formula is H5AlFO3PV. The van der Waals surface area contributed by atoms with Crippen molar-refractivity contribution < 1.29 is 37.1 Å². The van der Waals surface area contributed by atoms with Crippen LogP contribution < -0.4 is 0 Å². The predicted molar refractivity (Wildman–Crippen MR) is 23.1 cm³/mol. The summed E-state index contributed by atoms with van der Waals surface area (Å²) < 4.78 is 19.0. The van der Waals surface area contributed by atoms with Gasteiger partial charge in [0.1, 0.15) is 0 Å². The molecule has 0 spiro atoms. The van der Waals surface area contributed by atoms with Gasteiger partial charge >= 0.3 is 7.91 Å². The SMILES string of the molecule is O=P(O)(O)F.[AlH3].[V]. The average Bonchev–Trinajstić information content (AvgIpc) is 0.722. The van der Waals surface area contributed by atoms with Gasteiger partial charge in [0.25, 0.3) is 0 Å². The van der Waals surface area contributed by atoms with Gasteiger partial charge in [0, 0.05) is 18.6 Å². The van der Waals surface area contributed by atoms with Crippen molar-refractivity contribution >= 4 is 25.3 Å². The fourth-order valence-electron chi connectivity index (χ4n) is 0. The van der Waals surface area contributed by atoms with Crippen LogP contribution in [0.5, 0.6) is 0 Å². The van der Waals surface area contributed by atoms with Crippen LogP contribution >= 0.6 is 7.91 Å². The van der Waals surface area contributed by atoms with E-state index in [0.717, 1.165) is 0 Å². The molecule has 0 atom stereocenters. The molecule has 0 aromatic carbocycles. The summed E-state index contributed by atoms with van der Waals surface area (Å²) in [7, 11) is -5.14. The molecule has 0 aliphatic rings. The van der Waals surface area contributed by atoms with E-state index in [4.69, 9.17) is 14.4 Å². The second-order valence-corrected chi connectivity index (χ2v) is 1.42. The van der Waals surface area contributed by atoms with Crippen molar-refractivity contribution in [2.75, 3.05) is 0 Å². The number of hydrogen-bond donors (Lipinski definition) is 2. The Morgan fingerprint density at radius 1 is 1.43 bits per heavy atom. The van der Waals surface area contributed by atoms with Gasteiger partial charge in [0.2, 0.25) is 0 Å². The van der Waals surface area contributed by atoms with Crippen LogP contribution in [0.2, 0.25) is 0 Å². The third-order valence-corrected chi connectivity index (χ3v) is 0. The zero-order valence-corrected chi connectivity index (χ0v) is 4.87. The summed E-state index contributed by atoms with van der Waals surface area (Å²) in [6.07, 6.45) is 0. The van der Waals surface area contributed by atoms with Crippen molar-refractivity contribution in [1.29, 1.82) is 0 Å². The van der Waals surface area contributed by atoms with Gasteiger partial charge in [-0.05, 0) is 0 Å². The van der Waals surface area contributed by atoms with E-state index in [9.17, 15) is 4.20 Å². The summed E-state index contributed by atoms with van der Waals surface area (Å²) in [4.78, 5) is 13.9. The molecule has 3 nitrogen and oxygen atoms in total. The van der Waals surface area contributed by atoms with E-state index in [1.165, 1.54) is 0 Å². The minimum absolute atomic E-state index is 0. The topological polar surface area (TPSA) is 57.5 Å². The second kappa shape index (κ2) is 5.34. The van der Waals surface area contributed by atoms with Crippen molar-refractivity contribution in [3.8, 4) is 0 Å². The smallest absolute Gasteiger partial charge is 0.299 e. The molecule has 0 aliphatic carbocycles. The Morgan fingerprint density at radius 3 is 1.43 bits per heavy atom. The third-order valence-electron chi connectivity index (χ3n) is 0. The first-order chi connectivity index (χ1) is 2.00. The summed E-state index contributed by atoms with van der Waals surface area (Å²) >= 11 is 0. The van der Waals surface area contributed by atoms with Gasteiger partial charge in [-0.2, -0.15) is 0 Å². The van der Waals surface area contributed by atoms with Gasteiger partial charge in [0.05, 0.1) is 0 Å². The van der Waals surface area contributed by atoms with Crippen LogP contribution in [-0.2, 0) is 23.1 Å². The zero-order chi connectivity index (χ0) is 4.50. The molecule has 0 saturated heterocycles. The molecule has 43 valence electrons. The van der Waals surface area contributed by atoms with Crippen molar-refractivity contribution in [1.82, 2.24) is 0 Å². The number of hydrogen-bond acceptors (Lipinski definition) is 1.